The number of nitrogens with zero attached hydrogens (tertiary/aromatic N) is 2. The minimum absolute atomic E-state index is 0.0786. The molecule has 3 amide bonds. The smallest absolute Gasteiger partial charge is 0.308 e. The second-order valence-corrected chi connectivity index (χ2v) is 14.6. The van der Waals surface area contributed by atoms with Crippen molar-refractivity contribution in [2.45, 2.75) is 48.9 Å². The molecular weight excluding hydrogens is 625 g/mol. The molecule has 1 aromatic heterocycles. The molecule has 3 atom stereocenters. The van der Waals surface area contributed by atoms with Gasteiger partial charge in [0.25, 0.3) is 0 Å². The number of thiazole rings is 1. The van der Waals surface area contributed by atoms with Gasteiger partial charge in [0.2, 0.25) is 17.7 Å². The molecule has 0 spiro atoms. The lowest BCUT2D eigenvalue weighted by Crippen LogP contribution is -2.33. The van der Waals surface area contributed by atoms with Gasteiger partial charge >= 0.3 is 4.87 Å². The van der Waals surface area contributed by atoms with Crippen molar-refractivity contribution in [3.63, 3.8) is 0 Å². The number of nitrogens with one attached hydrogen (secondary N) is 1. The molecule has 11 heteroatoms. The summed E-state index contributed by atoms with van der Waals surface area (Å²) >= 11 is 14.2. The van der Waals surface area contributed by atoms with E-state index in [4.69, 9.17) is 23.2 Å². The minimum atomic E-state index is -0.775. The predicted molar refractivity (Wildman–Crippen MR) is 173 cm³/mol. The first-order valence-corrected chi connectivity index (χ1v) is 16.1. The number of benzene rings is 3. The number of anilines is 2. The molecule has 4 aromatic rings. The number of halogens is 2. The fourth-order valence-electron chi connectivity index (χ4n) is 5.53. The van der Waals surface area contributed by atoms with Gasteiger partial charge in [-0.15, -0.1) is 0 Å². The average Bonchev–Trinajstić information content (AvgIpc) is 3.40. The fraction of sp³-hybridized carbons (Fsp3) is 0.250. The lowest BCUT2D eigenvalue weighted by atomic mass is 9.81. The van der Waals surface area contributed by atoms with E-state index in [2.05, 4.69) is 26.1 Å². The first-order valence-electron chi connectivity index (χ1n) is 13.6. The Kier molecular flexibility index (Phi) is 7.79. The second kappa shape index (κ2) is 11.3. The van der Waals surface area contributed by atoms with Gasteiger partial charge in [0.05, 0.1) is 16.6 Å². The van der Waals surface area contributed by atoms with E-state index in [-0.39, 0.29) is 28.6 Å². The number of amides is 3. The summed E-state index contributed by atoms with van der Waals surface area (Å²) in [6, 6.07) is 21.3. The Labute approximate surface area is 266 Å². The van der Waals surface area contributed by atoms with Gasteiger partial charge in [0, 0.05) is 26.5 Å². The molecule has 1 saturated heterocycles. The molecule has 220 valence electrons. The minimum Gasteiger partial charge on any atom is -0.325 e. The monoisotopic (exact) mass is 651 g/mol. The zero-order chi connectivity index (χ0) is 30.6. The van der Waals surface area contributed by atoms with Crippen LogP contribution in [0.3, 0.4) is 0 Å². The predicted octanol–water partition coefficient (Wildman–Crippen LogP) is 6.95. The van der Waals surface area contributed by atoms with Gasteiger partial charge in [-0.2, -0.15) is 0 Å². The van der Waals surface area contributed by atoms with Crippen LogP contribution in [0, 0.1) is 5.92 Å². The molecule has 43 heavy (non-hydrogen) atoms. The third-order valence-electron chi connectivity index (χ3n) is 7.70. The van der Waals surface area contributed by atoms with Gasteiger partial charge in [-0.25, -0.2) is 4.90 Å². The van der Waals surface area contributed by atoms with Gasteiger partial charge in [-0.3, -0.25) is 23.7 Å². The maximum atomic E-state index is 14.1. The van der Waals surface area contributed by atoms with Crippen LogP contribution < -0.4 is 15.1 Å². The highest BCUT2D eigenvalue weighted by atomic mass is 35.5. The number of imide groups is 1. The summed E-state index contributed by atoms with van der Waals surface area (Å²) in [5, 5.41) is 3.59. The van der Waals surface area contributed by atoms with Crippen LogP contribution in [0.2, 0.25) is 10.0 Å². The number of aromatic nitrogens is 1. The van der Waals surface area contributed by atoms with Crippen molar-refractivity contribution in [2.75, 3.05) is 10.2 Å². The topological polar surface area (TPSA) is 88.5 Å². The van der Waals surface area contributed by atoms with Crippen molar-refractivity contribution in [3.8, 4) is 0 Å². The first kappa shape index (κ1) is 29.7. The normalized spacial score (nSPS) is 19.7. The van der Waals surface area contributed by atoms with Crippen molar-refractivity contribution in [3.05, 3.63) is 109 Å². The lowest BCUT2D eigenvalue weighted by Gasteiger charge is -2.31. The van der Waals surface area contributed by atoms with E-state index in [1.807, 2.05) is 24.3 Å². The summed E-state index contributed by atoms with van der Waals surface area (Å²) < 4.78 is 1.41. The van der Waals surface area contributed by atoms with E-state index >= 15 is 0 Å². The standard InChI is InChI=1S/C32H27Cl2N3O4S2/c1-32(2,3)18-6-4-17(5-7-18)24-25-26(29(40)37(28(25)39)22-14-10-20(34)11-15-22)42-30-27(24)43-31(41)36(30)16-23(38)35-21-12-8-19(33)9-13-21/h4-15,24-26H,16H2,1-3H3,(H,35,38). The van der Waals surface area contributed by atoms with Crippen LogP contribution in [0.5, 0.6) is 0 Å². The molecule has 0 saturated carbocycles. The molecule has 0 radical (unpaired) electrons. The van der Waals surface area contributed by atoms with Crippen molar-refractivity contribution in [1.29, 1.82) is 0 Å². The number of thioether (sulfide) groups is 1. The second-order valence-electron chi connectivity index (χ2n) is 11.6. The Balaban J connectivity index is 1.41. The summed E-state index contributed by atoms with van der Waals surface area (Å²) in [7, 11) is 0. The number of rotatable bonds is 5. The fourth-order valence-corrected chi connectivity index (χ4v) is 8.55. The van der Waals surface area contributed by atoms with Crippen LogP contribution in [-0.2, 0) is 26.3 Å². The van der Waals surface area contributed by atoms with Crippen LogP contribution in [-0.4, -0.2) is 27.5 Å². The Morgan fingerprint density at radius 2 is 1.47 bits per heavy atom. The van der Waals surface area contributed by atoms with Crippen LogP contribution in [0.4, 0.5) is 11.4 Å². The van der Waals surface area contributed by atoms with E-state index in [9.17, 15) is 19.2 Å². The van der Waals surface area contributed by atoms with Crippen molar-refractivity contribution >= 4 is 75.4 Å². The Hall–Kier alpha value is -3.37. The van der Waals surface area contributed by atoms with Crippen molar-refractivity contribution < 1.29 is 14.4 Å². The van der Waals surface area contributed by atoms with Crippen LogP contribution in [0.1, 0.15) is 42.7 Å². The molecule has 6 rings (SSSR count). The van der Waals surface area contributed by atoms with Crippen molar-refractivity contribution in [2.24, 2.45) is 5.92 Å². The zero-order valence-corrected chi connectivity index (χ0v) is 26.6. The van der Waals surface area contributed by atoms with E-state index in [1.54, 1.807) is 48.5 Å². The number of carbonyl (C=O) groups is 3. The zero-order valence-electron chi connectivity index (χ0n) is 23.5. The molecule has 1 N–H and O–H groups in total. The number of hydrogen-bond donors (Lipinski definition) is 1. The summed E-state index contributed by atoms with van der Waals surface area (Å²) in [5.41, 5.74) is 2.87. The van der Waals surface area contributed by atoms with Crippen molar-refractivity contribution in [1.82, 2.24) is 4.57 Å². The average molecular weight is 653 g/mol. The maximum absolute atomic E-state index is 14.1. The Bertz CT molecular complexity index is 1790. The van der Waals surface area contributed by atoms with Gasteiger partial charge in [-0.1, -0.05) is 91.3 Å². The molecule has 3 unspecified atom stereocenters. The third-order valence-corrected chi connectivity index (χ3v) is 10.8. The van der Waals surface area contributed by atoms with Gasteiger partial charge < -0.3 is 5.32 Å². The van der Waals surface area contributed by atoms with Crippen LogP contribution in [0.15, 0.2) is 82.6 Å². The Morgan fingerprint density at radius 3 is 2.07 bits per heavy atom. The van der Waals surface area contributed by atoms with Crippen LogP contribution in [0.25, 0.3) is 0 Å². The molecule has 1 fully saturated rings. The molecule has 0 bridgehead atoms. The molecule has 0 aliphatic carbocycles. The van der Waals surface area contributed by atoms with Gasteiger partial charge in [-0.05, 0) is 65.1 Å². The summed E-state index contributed by atoms with van der Waals surface area (Å²) in [6.07, 6.45) is 0. The first-order chi connectivity index (χ1) is 20.4. The number of hydrogen-bond acceptors (Lipinski definition) is 6. The summed E-state index contributed by atoms with van der Waals surface area (Å²) in [4.78, 5) is 56.0. The van der Waals surface area contributed by atoms with E-state index in [0.29, 0.717) is 31.3 Å². The molecule has 2 aliphatic rings. The van der Waals surface area contributed by atoms with E-state index < -0.39 is 23.0 Å². The van der Waals surface area contributed by atoms with Crippen LogP contribution >= 0.6 is 46.3 Å². The molecule has 7 nitrogen and oxygen atoms in total. The molecular formula is C32H27Cl2N3O4S2. The Morgan fingerprint density at radius 1 is 0.860 bits per heavy atom. The van der Waals surface area contributed by atoms with Gasteiger partial charge in [0.1, 0.15) is 11.8 Å². The quantitative estimate of drug-likeness (QED) is 0.236. The molecule has 2 aliphatic heterocycles. The maximum Gasteiger partial charge on any atom is 0.308 e. The number of fused-ring (bicyclic) bond motifs is 2. The molecule has 3 aromatic carbocycles. The SMILES string of the molecule is CC(C)(C)c1ccc(C2c3sc(=O)n(CC(=O)Nc4ccc(Cl)cc4)c3SC3C(=O)N(c4ccc(Cl)cc4)C(=O)C32)cc1. The summed E-state index contributed by atoms with van der Waals surface area (Å²) in [6.45, 7) is 6.13. The summed E-state index contributed by atoms with van der Waals surface area (Å²) in [5.74, 6) is -2.35. The third kappa shape index (κ3) is 5.55. The van der Waals surface area contributed by atoms with E-state index in [0.717, 1.165) is 22.5 Å². The number of carbonyl (C=O) groups excluding carboxylic acids is 3. The van der Waals surface area contributed by atoms with Gasteiger partial charge in [0.15, 0.2) is 0 Å². The van der Waals surface area contributed by atoms with E-state index in [1.165, 1.54) is 21.2 Å². The highest BCUT2D eigenvalue weighted by molar-refractivity contribution is 8.00. The highest BCUT2D eigenvalue weighted by Crippen LogP contribution is 2.54. The molecule has 3 heterocycles. The largest absolute Gasteiger partial charge is 0.325 e. The highest BCUT2D eigenvalue weighted by Gasteiger charge is 2.56. The lowest BCUT2D eigenvalue weighted by molar-refractivity contribution is -0.122.